The number of rotatable bonds is 6. The van der Waals surface area contributed by atoms with Crippen molar-refractivity contribution in [3.8, 4) is 0 Å². The molecular weight excluding hydrogens is 504 g/mol. The molecule has 5 heterocycles. The predicted molar refractivity (Wildman–Crippen MR) is 157 cm³/mol. The van der Waals surface area contributed by atoms with Gasteiger partial charge in [-0.1, -0.05) is 0 Å². The van der Waals surface area contributed by atoms with Gasteiger partial charge in [-0.3, -0.25) is 9.59 Å². The molecule has 0 saturated heterocycles. The summed E-state index contributed by atoms with van der Waals surface area (Å²) in [7, 11) is 2.78. The molecule has 0 unspecified atom stereocenters. The molecular formula is C32H32N4O4. The zero-order chi connectivity index (χ0) is 28.6. The van der Waals surface area contributed by atoms with Crippen molar-refractivity contribution in [2.24, 2.45) is 20.0 Å². The molecule has 0 N–H and O–H groups in total. The largest absolute Gasteiger partial charge is 0.469 e. The lowest BCUT2D eigenvalue weighted by molar-refractivity contribution is -0.141. The van der Waals surface area contributed by atoms with Gasteiger partial charge in [-0.25, -0.2) is 20.0 Å². The minimum atomic E-state index is -0.279. The number of hydrogen-bond donors (Lipinski definition) is 0. The maximum absolute atomic E-state index is 12.0. The predicted octanol–water partition coefficient (Wildman–Crippen LogP) is 5.79. The van der Waals surface area contributed by atoms with Gasteiger partial charge in [0.05, 0.1) is 59.9 Å². The Balaban J connectivity index is 1.68. The number of carbonyl (C=O) groups excluding carboxylic acids is 2. The Kier molecular flexibility index (Phi) is 7.43. The maximum Gasteiger partial charge on any atom is 0.305 e. The lowest BCUT2D eigenvalue weighted by Crippen LogP contribution is -2.05. The molecule has 0 fully saturated rings. The molecule has 0 spiro atoms. The van der Waals surface area contributed by atoms with Gasteiger partial charge in [-0.2, -0.15) is 0 Å². The van der Waals surface area contributed by atoms with Crippen LogP contribution >= 0.6 is 0 Å². The summed E-state index contributed by atoms with van der Waals surface area (Å²) < 4.78 is 9.80. The molecule has 0 aromatic carbocycles. The number of allylic oxidation sites excluding steroid dienone is 12. The number of nitrogens with zero attached hydrogens (tertiary/aromatic N) is 4. The molecule has 5 aliphatic rings. The number of carbonyl (C=O) groups is 2. The van der Waals surface area contributed by atoms with E-state index in [0.29, 0.717) is 12.8 Å². The van der Waals surface area contributed by atoms with Gasteiger partial charge in [-0.15, -0.1) is 0 Å². The summed E-state index contributed by atoms with van der Waals surface area (Å²) in [6.07, 6.45) is 13.4. The van der Waals surface area contributed by atoms with Crippen LogP contribution in [0.5, 0.6) is 0 Å². The van der Waals surface area contributed by atoms with E-state index in [4.69, 9.17) is 29.4 Å². The molecule has 0 aromatic rings. The Labute approximate surface area is 234 Å². The molecule has 0 radical (unpaired) electrons. The molecule has 204 valence electrons. The minimum Gasteiger partial charge on any atom is -0.469 e. The van der Waals surface area contributed by atoms with Crippen molar-refractivity contribution < 1.29 is 19.1 Å². The van der Waals surface area contributed by atoms with Crippen LogP contribution in [0.2, 0.25) is 0 Å². The standard InChI is InChI=1S/C32H32N4O4/c1-17-11-21-13-27-19(3)23(7-9-31(37)39-5)29(35-27)16-30-24(8-10-32(38)40-6)20(4)28(36-30)14-22-12-18(2)26(34-22)15-25(17)33-21/h11-16H,7-10H2,1-6H3. The zero-order valence-corrected chi connectivity index (χ0v) is 23.7. The number of ether oxygens (including phenoxy) is 2. The summed E-state index contributed by atoms with van der Waals surface area (Å²) in [4.78, 5) is 43.7. The second kappa shape index (κ2) is 11.0. The number of methoxy groups -OCH3 is 2. The zero-order valence-electron chi connectivity index (χ0n) is 23.7. The van der Waals surface area contributed by atoms with Crippen molar-refractivity contribution in [3.63, 3.8) is 0 Å². The summed E-state index contributed by atoms with van der Waals surface area (Å²) in [5, 5.41) is 0. The molecule has 5 aliphatic heterocycles. The highest BCUT2D eigenvalue weighted by Gasteiger charge is 2.26. The quantitative estimate of drug-likeness (QED) is 0.401. The molecule has 0 amide bonds. The number of fused-ring (bicyclic) bond motifs is 4. The Morgan fingerprint density at radius 1 is 0.600 bits per heavy atom. The van der Waals surface area contributed by atoms with Gasteiger partial charge in [0, 0.05) is 12.8 Å². The van der Waals surface area contributed by atoms with E-state index in [2.05, 4.69) is 0 Å². The molecule has 5 rings (SSSR count). The first-order valence-corrected chi connectivity index (χ1v) is 13.3. The van der Waals surface area contributed by atoms with E-state index in [0.717, 1.165) is 79.1 Å². The van der Waals surface area contributed by atoms with E-state index in [-0.39, 0.29) is 24.8 Å². The Morgan fingerprint density at radius 2 is 1.25 bits per heavy atom. The third kappa shape index (κ3) is 5.34. The van der Waals surface area contributed by atoms with Crippen molar-refractivity contribution in [1.29, 1.82) is 0 Å². The maximum atomic E-state index is 12.0. The van der Waals surface area contributed by atoms with Crippen LogP contribution in [-0.2, 0) is 19.1 Å². The van der Waals surface area contributed by atoms with Crippen LogP contribution in [0.25, 0.3) is 0 Å². The summed E-state index contributed by atoms with van der Waals surface area (Å²) in [6.45, 7) is 8.10. The highest BCUT2D eigenvalue weighted by atomic mass is 16.5. The van der Waals surface area contributed by atoms with Crippen LogP contribution < -0.4 is 0 Å². The third-order valence-electron chi connectivity index (χ3n) is 7.54. The Bertz CT molecular complexity index is 1610. The molecule has 0 aliphatic carbocycles. The van der Waals surface area contributed by atoms with Gasteiger partial charge in [-0.05, 0) is 110 Å². The van der Waals surface area contributed by atoms with Crippen molar-refractivity contribution in [2.45, 2.75) is 53.4 Å². The molecule has 40 heavy (non-hydrogen) atoms. The Hall–Kier alpha value is -4.46. The lowest BCUT2D eigenvalue weighted by atomic mass is 9.96. The van der Waals surface area contributed by atoms with Crippen molar-refractivity contribution >= 4 is 34.8 Å². The highest BCUT2D eigenvalue weighted by Crippen LogP contribution is 2.35. The van der Waals surface area contributed by atoms with Gasteiger partial charge in [0.2, 0.25) is 0 Å². The average Bonchev–Trinajstić information content (AvgIpc) is 3.62. The molecule has 0 saturated carbocycles. The first-order chi connectivity index (χ1) is 19.2. The SMILES string of the molecule is COC(=O)CCC1=C(C)C2=NC1=CC1=NC(=CC3=NC(=CC4=NC(=C2)C=C4C)C(C)=C3)C(C)=C1CCC(=O)OC. The fourth-order valence-electron chi connectivity index (χ4n) is 5.15. The van der Waals surface area contributed by atoms with Gasteiger partial charge in [0.15, 0.2) is 0 Å². The molecule has 0 aromatic heterocycles. The summed E-state index contributed by atoms with van der Waals surface area (Å²) >= 11 is 0. The van der Waals surface area contributed by atoms with Gasteiger partial charge in [0.1, 0.15) is 0 Å². The Morgan fingerprint density at radius 3 is 1.95 bits per heavy atom. The van der Waals surface area contributed by atoms with Crippen LogP contribution in [0.3, 0.4) is 0 Å². The normalized spacial score (nSPS) is 19.6. The summed E-state index contributed by atoms with van der Waals surface area (Å²) in [5.74, 6) is -0.558. The first-order valence-electron chi connectivity index (χ1n) is 13.3. The van der Waals surface area contributed by atoms with E-state index in [1.54, 1.807) is 0 Å². The summed E-state index contributed by atoms with van der Waals surface area (Å²) in [5.41, 5.74) is 12.4. The smallest absolute Gasteiger partial charge is 0.305 e. The van der Waals surface area contributed by atoms with E-state index in [9.17, 15) is 9.59 Å². The number of aliphatic imine (C=N–C) groups is 4. The van der Waals surface area contributed by atoms with Gasteiger partial charge >= 0.3 is 11.9 Å². The minimum absolute atomic E-state index is 0.238. The monoisotopic (exact) mass is 536 g/mol. The third-order valence-corrected chi connectivity index (χ3v) is 7.54. The lowest BCUT2D eigenvalue weighted by Gasteiger charge is -2.08. The van der Waals surface area contributed by atoms with Gasteiger partial charge in [0.25, 0.3) is 0 Å². The fraction of sp³-hybridized carbons (Fsp3) is 0.312. The molecule has 8 nitrogen and oxygen atoms in total. The van der Waals surface area contributed by atoms with Crippen LogP contribution in [0.4, 0.5) is 0 Å². The first kappa shape index (κ1) is 27.1. The van der Waals surface area contributed by atoms with Crippen LogP contribution in [0, 0.1) is 0 Å². The molecule has 0 atom stereocenters. The van der Waals surface area contributed by atoms with E-state index < -0.39 is 0 Å². The average molecular weight is 537 g/mol. The van der Waals surface area contributed by atoms with Crippen molar-refractivity contribution in [1.82, 2.24) is 0 Å². The topological polar surface area (TPSA) is 102 Å². The second-order valence-corrected chi connectivity index (χ2v) is 10.2. The van der Waals surface area contributed by atoms with Gasteiger partial charge < -0.3 is 9.47 Å². The van der Waals surface area contributed by atoms with Crippen LogP contribution in [-0.4, -0.2) is 49.0 Å². The van der Waals surface area contributed by atoms with Crippen molar-refractivity contribution in [2.75, 3.05) is 14.2 Å². The molecule has 8 heteroatoms. The van der Waals surface area contributed by atoms with Crippen LogP contribution in [0.15, 0.2) is 113 Å². The van der Waals surface area contributed by atoms with Crippen molar-refractivity contribution in [3.05, 3.63) is 92.7 Å². The summed E-state index contributed by atoms with van der Waals surface area (Å²) in [6, 6.07) is 0. The van der Waals surface area contributed by atoms with E-state index in [1.807, 2.05) is 64.2 Å². The fourth-order valence-corrected chi connectivity index (χ4v) is 5.15. The molecule has 8 bridgehead atoms. The number of esters is 2. The van der Waals surface area contributed by atoms with Crippen LogP contribution in [0.1, 0.15) is 53.4 Å². The van der Waals surface area contributed by atoms with E-state index in [1.165, 1.54) is 14.2 Å². The number of hydrogen-bond acceptors (Lipinski definition) is 8. The van der Waals surface area contributed by atoms with E-state index >= 15 is 0 Å². The second-order valence-electron chi connectivity index (χ2n) is 10.2. The highest BCUT2D eigenvalue weighted by molar-refractivity contribution is 6.19.